The lowest BCUT2D eigenvalue weighted by Gasteiger charge is -2.07. The molecule has 0 bridgehead atoms. The minimum atomic E-state index is -0.673. The number of aromatic nitrogens is 1. The van der Waals surface area contributed by atoms with Crippen molar-refractivity contribution in [3.63, 3.8) is 0 Å². The second-order valence-corrected chi connectivity index (χ2v) is 3.77. The average molecular weight is 202 g/mol. The summed E-state index contributed by atoms with van der Waals surface area (Å²) in [6.07, 6.45) is -0.673. The van der Waals surface area contributed by atoms with Gasteiger partial charge >= 0.3 is 0 Å². The maximum Gasteiger partial charge on any atom is 0.0895 e. The zero-order valence-corrected chi connectivity index (χ0v) is 8.34. The highest BCUT2D eigenvalue weighted by Crippen LogP contribution is 2.10. The fourth-order valence-corrected chi connectivity index (χ4v) is 1.66. The molecule has 0 saturated heterocycles. The third-order valence-corrected chi connectivity index (χ3v) is 2.66. The van der Waals surface area contributed by atoms with E-state index in [-0.39, 0.29) is 6.61 Å². The summed E-state index contributed by atoms with van der Waals surface area (Å²) in [5.41, 5.74) is 2.82. The van der Waals surface area contributed by atoms with Gasteiger partial charge in [0, 0.05) is 18.0 Å². The minimum Gasteiger partial charge on any atom is -0.394 e. The van der Waals surface area contributed by atoms with Crippen molar-refractivity contribution in [1.82, 2.24) is 10.3 Å². The Labute approximate surface area is 81.3 Å². The van der Waals surface area contributed by atoms with E-state index in [1.165, 1.54) is 4.88 Å². The van der Waals surface area contributed by atoms with Crippen LogP contribution in [0.1, 0.15) is 10.6 Å². The van der Waals surface area contributed by atoms with Crippen LogP contribution in [0.3, 0.4) is 0 Å². The van der Waals surface area contributed by atoms with Gasteiger partial charge in [0.2, 0.25) is 0 Å². The van der Waals surface area contributed by atoms with E-state index in [1.54, 1.807) is 16.8 Å². The lowest BCUT2D eigenvalue weighted by molar-refractivity contribution is 0.0943. The van der Waals surface area contributed by atoms with Gasteiger partial charge in [-0.3, -0.25) is 0 Å². The normalized spacial score (nSPS) is 13.2. The van der Waals surface area contributed by atoms with E-state index in [0.717, 1.165) is 5.69 Å². The number of aryl methyl sites for hydroxylation is 1. The van der Waals surface area contributed by atoms with Crippen molar-refractivity contribution < 1.29 is 10.2 Å². The maximum absolute atomic E-state index is 9.03. The van der Waals surface area contributed by atoms with Crippen LogP contribution in [-0.4, -0.2) is 34.5 Å². The Balaban J connectivity index is 2.24. The van der Waals surface area contributed by atoms with Crippen molar-refractivity contribution >= 4 is 11.3 Å². The molecule has 0 radical (unpaired) electrons. The van der Waals surface area contributed by atoms with Crippen molar-refractivity contribution in [1.29, 1.82) is 0 Å². The van der Waals surface area contributed by atoms with Gasteiger partial charge in [-0.05, 0) is 6.92 Å². The average Bonchev–Trinajstić information content (AvgIpc) is 2.52. The summed E-state index contributed by atoms with van der Waals surface area (Å²) in [5, 5.41) is 20.6. The molecule has 0 aliphatic carbocycles. The molecule has 0 unspecified atom stereocenters. The van der Waals surface area contributed by atoms with E-state index < -0.39 is 6.10 Å². The first-order chi connectivity index (χ1) is 6.24. The van der Waals surface area contributed by atoms with Gasteiger partial charge in [0.15, 0.2) is 0 Å². The Bertz CT molecular complexity index is 252. The van der Waals surface area contributed by atoms with Gasteiger partial charge in [0.1, 0.15) is 0 Å². The first kappa shape index (κ1) is 10.6. The van der Waals surface area contributed by atoms with Crippen molar-refractivity contribution in [2.75, 3.05) is 13.2 Å². The predicted octanol–water partition coefficient (Wildman–Crippen LogP) is -0.106. The van der Waals surface area contributed by atoms with Gasteiger partial charge in [-0.1, -0.05) is 0 Å². The van der Waals surface area contributed by atoms with Gasteiger partial charge in [-0.15, -0.1) is 11.3 Å². The van der Waals surface area contributed by atoms with Gasteiger partial charge in [-0.25, -0.2) is 4.98 Å². The molecule has 1 atom stereocenters. The van der Waals surface area contributed by atoms with Crippen LogP contribution < -0.4 is 5.32 Å². The van der Waals surface area contributed by atoms with E-state index in [4.69, 9.17) is 10.2 Å². The van der Waals surface area contributed by atoms with Crippen LogP contribution in [0, 0.1) is 6.92 Å². The molecule has 0 saturated carbocycles. The van der Waals surface area contributed by atoms with Crippen LogP contribution in [-0.2, 0) is 6.54 Å². The summed E-state index contributed by atoms with van der Waals surface area (Å²) in [6, 6.07) is 0. The van der Waals surface area contributed by atoms with Gasteiger partial charge in [-0.2, -0.15) is 0 Å². The zero-order chi connectivity index (χ0) is 9.68. The van der Waals surface area contributed by atoms with Crippen LogP contribution in [0.2, 0.25) is 0 Å². The molecule has 13 heavy (non-hydrogen) atoms. The lowest BCUT2D eigenvalue weighted by Crippen LogP contribution is -2.28. The third kappa shape index (κ3) is 3.40. The number of thiazole rings is 1. The summed E-state index contributed by atoms with van der Waals surface area (Å²) in [5.74, 6) is 0. The van der Waals surface area contributed by atoms with Crippen LogP contribution in [0.5, 0.6) is 0 Å². The largest absolute Gasteiger partial charge is 0.394 e. The third-order valence-electron chi connectivity index (χ3n) is 1.72. The smallest absolute Gasteiger partial charge is 0.0895 e. The highest BCUT2D eigenvalue weighted by molar-refractivity contribution is 7.09. The number of hydrogen-bond donors (Lipinski definition) is 3. The number of nitrogens with one attached hydrogen (secondary N) is 1. The molecule has 1 aromatic rings. The maximum atomic E-state index is 9.03. The van der Waals surface area contributed by atoms with E-state index in [2.05, 4.69) is 10.3 Å². The van der Waals surface area contributed by atoms with E-state index in [1.807, 2.05) is 6.92 Å². The second kappa shape index (κ2) is 5.29. The van der Waals surface area contributed by atoms with Crippen LogP contribution in [0.25, 0.3) is 0 Å². The van der Waals surface area contributed by atoms with E-state index >= 15 is 0 Å². The molecule has 0 spiro atoms. The summed E-state index contributed by atoms with van der Waals surface area (Å²) >= 11 is 1.59. The fourth-order valence-electron chi connectivity index (χ4n) is 0.913. The highest BCUT2D eigenvalue weighted by atomic mass is 32.1. The lowest BCUT2D eigenvalue weighted by atomic mass is 10.3. The van der Waals surface area contributed by atoms with Crippen LogP contribution in [0.4, 0.5) is 0 Å². The molecule has 0 aliphatic rings. The zero-order valence-electron chi connectivity index (χ0n) is 7.53. The summed E-state index contributed by atoms with van der Waals surface area (Å²) in [4.78, 5) is 5.27. The van der Waals surface area contributed by atoms with Gasteiger partial charge in [0.05, 0.1) is 23.9 Å². The predicted molar refractivity (Wildman–Crippen MR) is 51.7 cm³/mol. The molecular weight excluding hydrogens is 188 g/mol. The molecule has 3 N–H and O–H groups in total. The Hall–Kier alpha value is -0.490. The topological polar surface area (TPSA) is 65.4 Å². The highest BCUT2D eigenvalue weighted by Gasteiger charge is 2.03. The number of aliphatic hydroxyl groups excluding tert-OH is 2. The van der Waals surface area contributed by atoms with E-state index in [9.17, 15) is 0 Å². The van der Waals surface area contributed by atoms with Crippen molar-refractivity contribution in [2.24, 2.45) is 0 Å². The summed E-state index contributed by atoms with van der Waals surface area (Å²) < 4.78 is 0. The van der Waals surface area contributed by atoms with Crippen molar-refractivity contribution in [3.05, 3.63) is 16.1 Å². The second-order valence-electron chi connectivity index (χ2n) is 2.83. The molecule has 5 heteroatoms. The molecule has 74 valence electrons. The SMILES string of the molecule is Cc1ncsc1CNC[C@@H](O)CO. The molecular formula is C8H14N2O2S. The van der Waals surface area contributed by atoms with Gasteiger partial charge < -0.3 is 15.5 Å². The number of nitrogens with zero attached hydrogens (tertiary/aromatic N) is 1. The number of rotatable bonds is 5. The Morgan fingerprint density at radius 1 is 1.69 bits per heavy atom. The van der Waals surface area contributed by atoms with Crippen LogP contribution >= 0.6 is 11.3 Å². The van der Waals surface area contributed by atoms with Gasteiger partial charge in [0.25, 0.3) is 0 Å². The first-order valence-corrected chi connectivity index (χ1v) is 5.00. The van der Waals surface area contributed by atoms with Crippen molar-refractivity contribution in [3.8, 4) is 0 Å². The quantitative estimate of drug-likeness (QED) is 0.623. The Morgan fingerprint density at radius 2 is 2.46 bits per heavy atom. The van der Waals surface area contributed by atoms with Crippen LogP contribution in [0.15, 0.2) is 5.51 Å². The molecule has 1 aromatic heterocycles. The molecule has 0 aromatic carbocycles. The molecule has 0 fully saturated rings. The standard InChI is InChI=1S/C8H14N2O2S/c1-6-8(13-5-10-6)3-9-2-7(12)4-11/h5,7,9,11-12H,2-4H2,1H3/t7-/m1/s1. The molecule has 1 heterocycles. The first-order valence-electron chi connectivity index (χ1n) is 4.12. The van der Waals surface area contributed by atoms with E-state index in [0.29, 0.717) is 13.1 Å². The Morgan fingerprint density at radius 3 is 3.00 bits per heavy atom. The fraction of sp³-hybridized carbons (Fsp3) is 0.625. The molecule has 4 nitrogen and oxygen atoms in total. The van der Waals surface area contributed by atoms with Crippen molar-refractivity contribution in [2.45, 2.75) is 19.6 Å². The number of hydrogen-bond acceptors (Lipinski definition) is 5. The summed E-state index contributed by atoms with van der Waals surface area (Å²) in [7, 11) is 0. The summed E-state index contributed by atoms with van der Waals surface area (Å²) in [6.45, 7) is 2.87. The molecule has 1 rings (SSSR count). The molecule has 0 aliphatic heterocycles. The molecule has 0 amide bonds. The Kier molecular flexibility index (Phi) is 4.31. The number of aliphatic hydroxyl groups is 2. The minimum absolute atomic E-state index is 0.200. The monoisotopic (exact) mass is 202 g/mol.